The van der Waals surface area contributed by atoms with E-state index in [9.17, 15) is 14.0 Å². The molecule has 1 aliphatic heterocycles. The van der Waals surface area contributed by atoms with Crippen LogP contribution in [0.2, 0.25) is 0 Å². The van der Waals surface area contributed by atoms with E-state index >= 15 is 0 Å². The molecule has 0 radical (unpaired) electrons. The van der Waals surface area contributed by atoms with Crippen molar-refractivity contribution in [3.63, 3.8) is 0 Å². The predicted molar refractivity (Wildman–Crippen MR) is 137 cm³/mol. The van der Waals surface area contributed by atoms with Gasteiger partial charge in [-0.3, -0.25) is 9.59 Å². The molecule has 1 aromatic heterocycles. The van der Waals surface area contributed by atoms with E-state index in [4.69, 9.17) is 5.73 Å². The molecule has 3 atom stereocenters. The largest absolute Gasteiger partial charge is 0.368 e. The molecule has 1 saturated heterocycles. The van der Waals surface area contributed by atoms with Crippen molar-refractivity contribution in [2.45, 2.75) is 70.4 Å². The van der Waals surface area contributed by atoms with Gasteiger partial charge in [0.05, 0.1) is 17.7 Å². The number of hydrogen-bond acceptors (Lipinski definition) is 6. The summed E-state index contributed by atoms with van der Waals surface area (Å²) in [6.45, 7) is 4.18. The molecule has 0 bridgehead atoms. The van der Waals surface area contributed by atoms with E-state index < -0.39 is 17.4 Å². The molecule has 36 heavy (non-hydrogen) atoms. The summed E-state index contributed by atoms with van der Waals surface area (Å²) in [5.74, 6) is -0.127. The molecule has 2 heterocycles. The first-order valence-electron chi connectivity index (χ1n) is 12.9. The van der Waals surface area contributed by atoms with E-state index in [-0.39, 0.29) is 23.7 Å². The molecule has 2 aromatic rings. The second-order valence-electron chi connectivity index (χ2n) is 10.2. The first-order valence-corrected chi connectivity index (χ1v) is 12.9. The van der Waals surface area contributed by atoms with Crippen LogP contribution in [0.25, 0.3) is 0 Å². The summed E-state index contributed by atoms with van der Waals surface area (Å²) in [7, 11) is 1.70. The Morgan fingerprint density at radius 3 is 2.44 bits per heavy atom. The van der Waals surface area contributed by atoms with Crippen molar-refractivity contribution in [1.29, 1.82) is 0 Å². The average molecular weight is 497 g/mol. The van der Waals surface area contributed by atoms with Crippen molar-refractivity contribution in [3.8, 4) is 0 Å². The van der Waals surface area contributed by atoms with Gasteiger partial charge in [0, 0.05) is 18.3 Å². The molecule has 194 valence electrons. The van der Waals surface area contributed by atoms with Gasteiger partial charge < -0.3 is 21.3 Å². The molecule has 1 saturated carbocycles. The van der Waals surface area contributed by atoms with E-state index in [0.717, 1.165) is 50.6 Å². The highest BCUT2D eigenvalue weighted by Gasteiger charge is 2.50. The first kappa shape index (κ1) is 26.0. The lowest BCUT2D eigenvalue weighted by atomic mass is 9.69. The molecule has 2 amide bonds. The van der Waals surface area contributed by atoms with Crippen molar-refractivity contribution in [2.75, 3.05) is 18.9 Å². The summed E-state index contributed by atoms with van der Waals surface area (Å²) < 4.78 is 13.3. The Morgan fingerprint density at radius 1 is 1.11 bits per heavy atom. The highest BCUT2D eigenvalue weighted by molar-refractivity contribution is 5.93. The number of likely N-dealkylation sites (tertiary alicyclic amines) is 1. The summed E-state index contributed by atoms with van der Waals surface area (Å²) in [6.07, 6.45) is 6.73. The van der Waals surface area contributed by atoms with Crippen LogP contribution in [0.1, 0.15) is 69.4 Å². The Balaban J connectivity index is 1.64. The maximum Gasteiger partial charge on any atom is 0.238 e. The number of nitrogens with one attached hydrogen (secondary N) is 2. The van der Waals surface area contributed by atoms with Gasteiger partial charge in [-0.2, -0.15) is 0 Å². The number of nitrogens with zero attached hydrogens (tertiary/aromatic N) is 3. The predicted octanol–water partition coefficient (Wildman–Crippen LogP) is 3.99. The maximum absolute atomic E-state index is 14.2. The van der Waals surface area contributed by atoms with E-state index in [0.29, 0.717) is 23.9 Å². The monoisotopic (exact) mass is 496 g/mol. The zero-order valence-electron chi connectivity index (χ0n) is 21.4. The van der Waals surface area contributed by atoms with E-state index in [1.807, 2.05) is 17.9 Å². The van der Waals surface area contributed by atoms with Crippen LogP contribution in [0.4, 0.5) is 15.9 Å². The molecule has 8 nitrogen and oxygen atoms in total. The molecule has 1 aromatic carbocycles. The van der Waals surface area contributed by atoms with Crippen LogP contribution in [0, 0.1) is 24.6 Å². The first-order chi connectivity index (χ1) is 17.2. The highest BCUT2D eigenvalue weighted by Crippen LogP contribution is 2.41. The van der Waals surface area contributed by atoms with Crippen molar-refractivity contribution >= 4 is 23.3 Å². The van der Waals surface area contributed by atoms with Gasteiger partial charge in [0.2, 0.25) is 11.8 Å². The number of amides is 2. The minimum absolute atomic E-state index is 0.0376. The molecule has 4 rings (SSSR count). The number of carbonyl (C=O) groups is 2. The number of benzene rings is 1. The summed E-state index contributed by atoms with van der Waals surface area (Å²) >= 11 is 0. The number of aromatic nitrogens is 2. The molecule has 0 spiro atoms. The van der Waals surface area contributed by atoms with Crippen LogP contribution in [-0.2, 0) is 9.59 Å². The Labute approximate surface area is 212 Å². The number of aryl methyl sites for hydroxylation is 1. The van der Waals surface area contributed by atoms with Gasteiger partial charge in [-0.05, 0) is 76.8 Å². The summed E-state index contributed by atoms with van der Waals surface area (Å²) in [4.78, 5) is 37.9. The van der Waals surface area contributed by atoms with Crippen LogP contribution in [0.5, 0.6) is 0 Å². The number of likely N-dealkylation sites (N-methyl/N-ethyl adjacent to an activating group) is 1. The van der Waals surface area contributed by atoms with Gasteiger partial charge in [-0.15, -0.1) is 0 Å². The number of nitrogens with two attached hydrogens (primary N) is 1. The third-order valence-electron chi connectivity index (χ3n) is 7.89. The number of halogens is 1. The standard InChI is InChI=1S/C27H37FN6O2/c1-17-31-21(16-23(32-17)33-20-13-11-19(28)12-14-20)22-10-7-15-34(22)25(35)24(18-8-5-4-6-9-18)27(2,30-3)26(29)36/h11-14,16,18,22,24,30H,4-10,15H2,1-3H3,(H2,29,36)(H,31,32,33)/t22-,24+,27?/m0/s1. The van der Waals surface area contributed by atoms with Crippen molar-refractivity contribution in [1.82, 2.24) is 20.2 Å². The van der Waals surface area contributed by atoms with Gasteiger partial charge in [0.1, 0.15) is 23.0 Å². The van der Waals surface area contributed by atoms with Crippen LogP contribution in [0.15, 0.2) is 30.3 Å². The summed E-state index contributed by atoms with van der Waals surface area (Å²) in [5.41, 5.74) is 6.20. The van der Waals surface area contributed by atoms with Crippen molar-refractivity contribution < 1.29 is 14.0 Å². The van der Waals surface area contributed by atoms with Gasteiger partial charge in [-0.1, -0.05) is 19.3 Å². The summed E-state index contributed by atoms with van der Waals surface area (Å²) in [5, 5.41) is 6.31. The maximum atomic E-state index is 14.2. The number of carbonyl (C=O) groups excluding carboxylic acids is 2. The van der Waals surface area contributed by atoms with Gasteiger partial charge >= 0.3 is 0 Å². The molecule has 2 aliphatic rings. The second-order valence-corrected chi connectivity index (χ2v) is 10.2. The molecule has 9 heteroatoms. The van der Waals surface area contributed by atoms with Crippen molar-refractivity contribution in [3.05, 3.63) is 47.7 Å². The average Bonchev–Trinajstić information content (AvgIpc) is 3.36. The fourth-order valence-corrected chi connectivity index (χ4v) is 5.84. The molecule has 1 unspecified atom stereocenters. The quantitative estimate of drug-likeness (QED) is 0.509. The lowest BCUT2D eigenvalue weighted by Gasteiger charge is -2.42. The zero-order valence-corrected chi connectivity index (χ0v) is 21.4. The van der Waals surface area contributed by atoms with Crippen LogP contribution < -0.4 is 16.4 Å². The highest BCUT2D eigenvalue weighted by atomic mass is 19.1. The molecule has 4 N–H and O–H groups in total. The Kier molecular flexibility index (Phi) is 7.88. The van der Waals surface area contributed by atoms with E-state index in [1.165, 1.54) is 12.1 Å². The van der Waals surface area contributed by atoms with Crippen molar-refractivity contribution in [2.24, 2.45) is 17.6 Å². The van der Waals surface area contributed by atoms with Gasteiger partial charge in [0.25, 0.3) is 0 Å². The lowest BCUT2D eigenvalue weighted by molar-refractivity contribution is -0.147. The number of primary amides is 1. The van der Waals surface area contributed by atoms with Crippen LogP contribution in [-0.4, -0.2) is 45.8 Å². The minimum atomic E-state index is -1.14. The smallest absolute Gasteiger partial charge is 0.238 e. The number of anilines is 2. The third kappa shape index (κ3) is 5.36. The molecule has 1 aliphatic carbocycles. The summed E-state index contributed by atoms with van der Waals surface area (Å²) in [6, 6.07) is 7.71. The second kappa shape index (κ2) is 10.9. The molecule has 2 fully saturated rings. The van der Waals surface area contributed by atoms with Gasteiger partial charge in [-0.25, -0.2) is 14.4 Å². The normalized spacial score (nSPS) is 21.1. The number of hydrogen-bond donors (Lipinski definition) is 3. The molecular formula is C27H37FN6O2. The number of rotatable bonds is 8. The van der Waals surface area contributed by atoms with Crippen LogP contribution >= 0.6 is 0 Å². The van der Waals surface area contributed by atoms with Gasteiger partial charge in [0.15, 0.2) is 0 Å². The topological polar surface area (TPSA) is 113 Å². The molecular weight excluding hydrogens is 459 g/mol. The fraction of sp³-hybridized carbons (Fsp3) is 0.556. The Bertz CT molecular complexity index is 1090. The van der Waals surface area contributed by atoms with E-state index in [2.05, 4.69) is 20.6 Å². The van der Waals surface area contributed by atoms with E-state index in [1.54, 1.807) is 26.1 Å². The van der Waals surface area contributed by atoms with Crippen LogP contribution in [0.3, 0.4) is 0 Å². The minimum Gasteiger partial charge on any atom is -0.368 e. The Morgan fingerprint density at radius 2 is 1.81 bits per heavy atom. The third-order valence-corrected chi connectivity index (χ3v) is 7.89. The lowest BCUT2D eigenvalue weighted by Crippen LogP contribution is -2.63. The fourth-order valence-electron chi connectivity index (χ4n) is 5.84. The Hall–Kier alpha value is -3.07. The zero-order chi connectivity index (χ0) is 25.9. The SMILES string of the molecule is CNC(C)(C(N)=O)[C@@H](C(=O)N1CCC[C@H]1c1cc(Nc2ccc(F)cc2)nc(C)n1)C1CCCCC1.